The van der Waals surface area contributed by atoms with Crippen molar-refractivity contribution in [1.29, 1.82) is 0 Å². The van der Waals surface area contributed by atoms with Gasteiger partial charge in [-0.25, -0.2) is 21.9 Å². The molecule has 1 heterocycles. The van der Waals surface area contributed by atoms with Crippen LogP contribution >= 0.6 is 11.3 Å². The average molecular weight is 284 g/mol. The summed E-state index contributed by atoms with van der Waals surface area (Å²) >= 11 is 1.08. The molecule has 0 aliphatic rings. The Morgan fingerprint density at radius 3 is 2.65 bits per heavy atom. The van der Waals surface area contributed by atoms with Crippen molar-refractivity contribution < 1.29 is 17.2 Å². The first-order valence-electron chi connectivity index (χ1n) is 4.88. The summed E-state index contributed by atoms with van der Waals surface area (Å²) in [6.07, 6.45) is -2.69. The second kappa shape index (κ2) is 5.85. The van der Waals surface area contributed by atoms with Crippen molar-refractivity contribution in [1.82, 2.24) is 10.0 Å². The molecule has 0 spiro atoms. The molecule has 0 aliphatic carbocycles. The highest BCUT2D eigenvalue weighted by atomic mass is 32.2. The number of rotatable bonds is 6. The van der Waals surface area contributed by atoms with Crippen LogP contribution in [0.15, 0.2) is 10.3 Å². The molecular weight excluding hydrogens is 270 g/mol. The Kier molecular flexibility index (Phi) is 4.99. The Labute approximate surface area is 103 Å². The SMILES string of the molecule is CNCc1sc(S(=O)(=O)NCC(F)F)cc1C. The van der Waals surface area contributed by atoms with Crippen molar-refractivity contribution in [3.63, 3.8) is 0 Å². The fourth-order valence-corrected chi connectivity index (χ4v) is 3.85. The summed E-state index contributed by atoms with van der Waals surface area (Å²) in [5.74, 6) is 0. The van der Waals surface area contributed by atoms with E-state index >= 15 is 0 Å². The molecule has 17 heavy (non-hydrogen) atoms. The maximum atomic E-state index is 12.0. The molecule has 0 atom stereocenters. The van der Waals surface area contributed by atoms with Gasteiger partial charge in [0.1, 0.15) is 4.21 Å². The van der Waals surface area contributed by atoms with E-state index in [2.05, 4.69) is 5.32 Å². The Hall–Kier alpha value is -0.570. The van der Waals surface area contributed by atoms with Gasteiger partial charge in [0, 0.05) is 11.4 Å². The van der Waals surface area contributed by atoms with Gasteiger partial charge in [-0.2, -0.15) is 0 Å². The highest BCUT2D eigenvalue weighted by Gasteiger charge is 2.19. The second-order valence-electron chi connectivity index (χ2n) is 3.44. The van der Waals surface area contributed by atoms with Crippen LogP contribution in [0.2, 0.25) is 0 Å². The van der Waals surface area contributed by atoms with Crippen molar-refractivity contribution in [3.05, 3.63) is 16.5 Å². The minimum absolute atomic E-state index is 0.0703. The number of nitrogens with one attached hydrogen (secondary N) is 2. The van der Waals surface area contributed by atoms with Gasteiger partial charge in [-0.1, -0.05) is 0 Å². The Morgan fingerprint density at radius 1 is 1.47 bits per heavy atom. The molecule has 4 nitrogen and oxygen atoms in total. The first-order chi connectivity index (χ1) is 7.86. The molecular formula is C9H14F2N2O2S2. The fraction of sp³-hybridized carbons (Fsp3) is 0.556. The van der Waals surface area contributed by atoms with Crippen LogP contribution in [0.4, 0.5) is 8.78 Å². The van der Waals surface area contributed by atoms with Crippen molar-refractivity contribution >= 4 is 21.4 Å². The largest absolute Gasteiger partial charge is 0.315 e. The average Bonchev–Trinajstić information content (AvgIpc) is 2.59. The third kappa shape index (κ3) is 3.98. The standard InChI is InChI=1S/C9H14F2N2O2S2/c1-6-3-9(16-7(6)4-12-2)17(14,15)13-5-8(10)11/h3,8,12-13H,4-5H2,1-2H3. The lowest BCUT2D eigenvalue weighted by atomic mass is 10.3. The van der Waals surface area contributed by atoms with Crippen LogP contribution in [0.5, 0.6) is 0 Å². The summed E-state index contributed by atoms with van der Waals surface area (Å²) in [6, 6.07) is 1.49. The quantitative estimate of drug-likeness (QED) is 0.828. The van der Waals surface area contributed by atoms with Crippen molar-refractivity contribution in [2.24, 2.45) is 0 Å². The summed E-state index contributed by atoms with van der Waals surface area (Å²) in [4.78, 5) is 0.880. The van der Waals surface area contributed by atoms with E-state index in [1.165, 1.54) is 6.07 Å². The van der Waals surface area contributed by atoms with E-state index in [1.54, 1.807) is 14.0 Å². The van der Waals surface area contributed by atoms with Gasteiger partial charge in [0.2, 0.25) is 10.0 Å². The Bertz CT molecular complexity index is 471. The third-order valence-corrected chi connectivity index (χ3v) is 5.16. The molecule has 0 amide bonds. The maximum Gasteiger partial charge on any atom is 0.251 e. The van der Waals surface area contributed by atoms with Crippen LogP contribution in [0, 0.1) is 6.92 Å². The summed E-state index contributed by atoms with van der Waals surface area (Å²) in [7, 11) is -2.06. The molecule has 1 aromatic rings. The number of sulfonamides is 1. The topological polar surface area (TPSA) is 58.2 Å². The molecule has 0 saturated carbocycles. The number of halogens is 2. The minimum Gasteiger partial charge on any atom is -0.315 e. The predicted molar refractivity (Wildman–Crippen MR) is 63.0 cm³/mol. The summed E-state index contributed by atoms with van der Waals surface area (Å²) < 4.78 is 49.1. The Morgan fingerprint density at radius 2 is 2.12 bits per heavy atom. The van der Waals surface area contributed by atoms with Crippen LogP contribution in [0.25, 0.3) is 0 Å². The highest BCUT2D eigenvalue weighted by molar-refractivity contribution is 7.91. The molecule has 0 radical (unpaired) electrons. The van der Waals surface area contributed by atoms with E-state index in [4.69, 9.17) is 0 Å². The predicted octanol–water partition coefficient (Wildman–Crippen LogP) is 1.32. The molecule has 0 bridgehead atoms. The number of hydrogen-bond donors (Lipinski definition) is 2. The van der Waals surface area contributed by atoms with Gasteiger partial charge < -0.3 is 5.32 Å². The third-order valence-electron chi connectivity index (χ3n) is 2.03. The molecule has 1 rings (SSSR count). The second-order valence-corrected chi connectivity index (χ2v) is 6.58. The van der Waals surface area contributed by atoms with Gasteiger partial charge in [0.05, 0.1) is 6.54 Å². The van der Waals surface area contributed by atoms with Crippen molar-refractivity contribution in [2.75, 3.05) is 13.6 Å². The number of alkyl halides is 2. The van der Waals surface area contributed by atoms with Gasteiger partial charge >= 0.3 is 0 Å². The fourth-order valence-electron chi connectivity index (χ4n) is 1.20. The monoisotopic (exact) mass is 284 g/mol. The molecule has 2 N–H and O–H groups in total. The van der Waals surface area contributed by atoms with Crippen LogP contribution in [-0.2, 0) is 16.6 Å². The molecule has 0 fully saturated rings. The van der Waals surface area contributed by atoms with Crippen LogP contribution in [0.3, 0.4) is 0 Å². The van der Waals surface area contributed by atoms with Gasteiger partial charge in [-0.05, 0) is 25.6 Å². The van der Waals surface area contributed by atoms with Crippen LogP contribution in [-0.4, -0.2) is 28.4 Å². The highest BCUT2D eigenvalue weighted by Crippen LogP contribution is 2.25. The minimum atomic E-state index is -3.81. The van der Waals surface area contributed by atoms with Crippen LogP contribution < -0.4 is 10.0 Å². The van der Waals surface area contributed by atoms with Gasteiger partial charge in [0.15, 0.2) is 0 Å². The smallest absolute Gasteiger partial charge is 0.251 e. The lowest BCUT2D eigenvalue weighted by Crippen LogP contribution is -2.28. The molecule has 0 saturated heterocycles. The molecule has 8 heteroatoms. The normalized spacial score (nSPS) is 12.3. The zero-order valence-electron chi connectivity index (χ0n) is 9.46. The van der Waals surface area contributed by atoms with Gasteiger partial charge in [-0.15, -0.1) is 11.3 Å². The number of hydrogen-bond acceptors (Lipinski definition) is 4. The summed E-state index contributed by atoms with van der Waals surface area (Å²) in [5.41, 5.74) is 0.835. The van der Waals surface area contributed by atoms with E-state index in [1.807, 2.05) is 4.72 Å². The van der Waals surface area contributed by atoms with E-state index in [-0.39, 0.29) is 4.21 Å². The first-order valence-corrected chi connectivity index (χ1v) is 7.18. The van der Waals surface area contributed by atoms with Gasteiger partial charge in [-0.3, -0.25) is 0 Å². The van der Waals surface area contributed by atoms with Crippen molar-refractivity contribution in [3.8, 4) is 0 Å². The zero-order valence-corrected chi connectivity index (χ0v) is 11.1. The maximum absolute atomic E-state index is 12.0. The summed E-state index contributed by atoms with van der Waals surface area (Å²) in [5, 5.41) is 2.92. The summed E-state index contributed by atoms with van der Waals surface area (Å²) in [6.45, 7) is 1.48. The van der Waals surface area contributed by atoms with E-state index in [9.17, 15) is 17.2 Å². The first kappa shape index (κ1) is 14.5. The number of thiophene rings is 1. The molecule has 1 aromatic heterocycles. The molecule has 0 unspecified atom stereocenters. The molecule has 0 aliphatic heterocycles. The van der Waals surface area contributed by atoms with Crippen molar-refractivity contribution in [2.45, 2.75) is 24.1 Å². The lowest BCUT2D eigenvalue weighted by Gasteiger charge is -2.03. The van der Waals surface area contributed by atoms with E-state index in [0.717, 1.165) is 21.8 Å². The molecule has 98 valence electrons. The van der Waals surface area contributed by atoms with Gasteiger partial charge in [0.25, 0.3) is 6.43 Å². The Balaban J connectivity index is 2.88. The zero-order chi connectivity index (χ0) is 13.1. The van der Waals surface area contributed by atoms with Crippen LogP contribution in [0.1, 0.15) is 10.4 Å². The lowest BCUT2D eigenvalue weighted by molar-refractivity contribution is 0.153. The molecule has 0 aromatic carbocycles. The van der Waals surface area contributed by atoms with E-state index < -0.39 is 23.0 Å². The van der Waals surface area contributed by atoms with E-state index in [0.29, 0.717) is 6.54 Å². The number of aryl methyl sites for hydroxylation is 1.